The molecule has 1 amide bonds. The van der Waals surface area contributed by atoms with Crippen LogP contribution in [0, 0.1) is 6.92 Å². The quantitative estimate of drug-likeness (QED) is 0.577. The largest absolute Gasteiger partial charge is 0.465 e. The Hall–Kier alpha value is -3.06. The van der Waals surface area contributed by atoms with Crippen molar-refractivity contribution in [2.45, 2.75) is 20.3 Å². The summed E-state index contributed by atoms with van der Waals surface area (Å²) in [6, 6.07) is 7.28. The summed E-state index contributed by atoms with van der Waals surface area (Å²) in [7, 11) is 1.34. The molecule has 0 radical (unpaired) electrons. The molecule has 3 N–H and O–H groups in total. The summed E-state index contributed by atoms with van der Waals surface area (Å²) in [6.07, 6.45) is 2.26. The molecule has 0 saturated carbocycles. The molecule has 0 fully saturated rings. The molecule has 140 valence electrons. The van der Waals surface area contributed by atoms with Gasteiger partial charge < -0.3 is 20.0 Å². The molecule has 0 saturated heterocycles. The van der Waals surface area contributed by atoms with Gasteiger partial charge >= 0.3 is 5.97 Å². The van der Waals surface area contributed by atoms with E-state index in [1.165, 1.54) is 7.11 Å². The fraction of sp³-hybridized carbons (Fsp3) is 0.211. The maximum absolute atomic E-state index is 12.4. The highest BCUT2D eigenvalue weighted by atomic mass is 35.5. The molecule has 0 aliphatic carbocycles. The van der Waals surface area contributed by atoms with Gasteiger partial charge in [-0.1, -0.05) is 24.6 Å². The zero-order valence-corrected chi connectivity index (χ0v) is 15.9. The van der Waals surface area contributed by atoms with Crippen LogP contribution >= 0.6 is 11.6 Å². The predicted molar refractivity (Wildman–Crippen MR) is 103 cm³/mol. The van der Waals surface area contributed by atoms with E-state index in [-0.39, 0.29) is 11.7 Å². The first-order valence-corrected chi connectivity index (χ1v) is 8.74. The monoisotopic (exact) mass is 386 g/mol. The van der Waals surface area contributed by atoms with E-state index in [4.69, 9.17) is 16.3 Å². The predicted octanol–water partition coefficient (Wildman–Crippen LogP) is 3.97. The average molecular weight is 387 g/mol. The Balaban J connectivity index is 1.79. The van der Waals surface area contributed by atoms with Crippen LogP contribution in [0.1, 0.15) is 39.2 Å². The number of aryl methyl sites for hydroxylation is 2. The molecular weight excluding hydrogens is 368 g/mol. The lowest BCUT2D eigenvalue weighted by Gasteiger charge is -2.09. The van der Waals surface area contributed by atoms with Crippen LogP contribution in [-0.4, -0.2) is 33.9 Å². The minimum atomic E-state index is -0.401. The van der Waals surface area contributed by atoms with Crippen molar-refractivity contribution in [2.75, 3.05) is 12.4 Å². The molecule has 7 nitrogen and oxygen atoms in total. The van der Waals surface area contributed by atoms with Crippen molar-refractivity contribution >= 4 is 29.2 Å². The lowest BCUT2D eigenvalue weighted by molar-refractivity contribution is 0.0601. The minimum absolute atomic E-state index is 0.174. The Morgan fingerprint density at radius 2 is 2.07 bits per heavy atom. The molecule has 8 heteroatoms. The molecule has 0 spiro atoms. The molecule has 1 aromatic carbocycles. The number of carbonyl (C=O) groups is 2. The van der Waals surface area contributed by atoms with Gasteiger partial charge in [0.2, 0.25) is 0 Å². The van der Waals surface area contributed by atoms with Crippen molar-refractivity contribution in [2.24, 2.45) is 0 Å². The number of amides is 1. The lowest BCUT2D eigenvalue weighted by Crippen LogP contribution is -2.14. The number of methoxy groups -OCH3 is 1. The van der Waals surface area contributed by atoms with Crippen LogP contribution < -0.4 is 5.32 Å². The molecule has 27 heavy (non-hydrogen) atoms. The number of halogens is 1. The number of ether oxygens (including phenoxy) is 1. The first kappa shape index (κ1) is 18.7. The van der Waals surface area contributed by atoms with Gasteiger partial charge in [0, 0.05) is 17.6 Å². The smallest absolute Gasteiger partial charge is 0.339 e. The van der Waals surface area contributed by atoms with Gasteiger partial charge in [-0.15, -0.1) is 0 Å². The molecule has 3 rings (SSSR count). The van der Waals surface area contributed by atoms with Gasteiger partial charge in [-0.2, -0.15) is 0 Å². The third kappa shape index (κ3) is 3.88. The number of esters is 1. The maximum Gasteiger partial charge on any atom is 0.339 e. The van der Waals surface area contributed by atoms with E-state index in [2.05, 4.69) is 20.3 Å². The van der Waals surface area contributed by atoms with Crippen LogP contribution in [0.3, 0.4) is 0 Å². The SMILES string of the molecule is CCc1[nH]c(C(=O)Nc2ccc(-c3cc(C(=O)OC)c[nH]3)cc2C)nc1Cl. The van der Waals surface area contributed by atoms with Crippen molar-refractivity contribution in [3.63, 3.8) is 0 Å². The van der Waals surface area contributed by atoms with E-state index in [0.717, 1.165) is 22.5 Å². The molecule has 0 unspecified atom stereocenters. The highest BCUT2D eigenvalue weighted by molar-refractivity contribution is 6.30. The van der Waals surface area contributed by atoms with Gasteiger partial charge in [-0.3, -0.25) is 4.79 Å². The van der Waals surface area contributed by atoms with Crippen LogP contribution in [0.15, 0.2) is 30.5 Å². The highest BCUT2D eigenvalue weighted by Crippen LogP contribution is 2.25. The first-order valence-electron chi connectivity index (χ1n) is 8.36. The number of aromatic amines is 2. The van der Waals surface area contributed by atoms with E-state index >= 15 is 0 Å². The fourth-order valence-electron chi connectivity index (χ4n) is 2.68. The second kappa shape index (κ2) is 7.67. The maximum atomic E-state index is 12.4. The molecule has 2 heterocycles. The molecular formula is C19H19ClN4O3. The van der Waals surface area contributed by atoms with Crippen LogP contribution in [0.5, 0.6) is 0 Å². The van der Waals surface area contributed by atoms with E-state index < -0.39 is 5.97 Å². The van der Waals surface area contributed by atoms with Crippen molar-refractivity contribution in [3.8, 4) is 11.3 Å². The summed E-state index contributed by atoms with van der Waals surface area (Å²) in [5.41, 5.74) is 4.36. The van der Waals surface area contributed by atoms with Crippen molar-refractivity contribution in [3.05, 3.63) is 58.3 Å². The molecule has 0 aliphatic heterocycles. The molecule has 0 aliphatic rings. The third-order valence-corrected chi connectivity index (χ3v) is 4.50. The van der Waals surface area contributed by atoms with Gasteiger partial charge in [-0.05, 0) is 42.7 Å². The third-order valence-electron chi connectivity index (χ3n) is 4.19. The van der Waals surface area contributed by atoms with Gasteiger partial charge in [0.15, 0.2) is 11.0 Å². The standard InChI is InChI=1S/C19H19ClN4O3/c1-4-13-16(20)24-17(22-13)18(25)23-14-6-5-11(7-10(14)2)15-8-12(9-21-15)19(26)27-3/h5-9,21H,4H2,1-3H3,(H,22,24)(H,23,25). The van der Waals surface area contributed by atoms with E-state index in [1.54, 1.807) is 18.3 Å². The lowest BCUT2D eigenvalue weighted by atomic mass is 10.1. The molecule has 3 aromatic rings. The number of benzene rings is 1. The van der Waals surface area contributed by atoms with Crippen molar-refractivity contribution in [1.29, 1.82) is 0 Å². The van der Waals surface area contributed by atoms with Crippen LogP contribution in [0.2, 0.25) is 5.15 Å². The topological polar surface area (TPSA) is 99.9 Å². The summed E-state index contributed by atoms with van der Waals surface area (Å²) in [4.78, 5) is 34.0. The second-order valence-electron chi connectivity index (χ2n) is 5.99. The van der Waals surface area contributed by atoms with Crippen molar-refractivity contribution in [1.82, 2.24) is 15.0 Å². The summed E-state index contributed by atoms with van der Waals surface area (Å²) in [5, 5.41) is 3.13. The Bertz CT molecular complexity index is 1010. The number of anilines is 1. The zero-order valence-electron chi connectivity index (χ0n) is 15.1. The van der Waals surface area contributed by atoms with E-state index in [1.807, 2.05) is 26.0 Å². The van der Waals surface area contributed by atoms with Gasteiger partial charge in [-0.25, -0.2) is 9.78 Å². The number of nitrogens with zero attached hydrogens (tertiary/aromatic N) is 1. The number of hydrogen-bond donors (Lipinski definition) is 3. The number of imidazole rings is 1. The first-order chi connectivity index (χ1) is 12.9. The van der Waals surface area contributed by atoms with Crippen LogP contribution in [-0.2, 0) is 11.2 Å². The molecule has 2 aromatic heterocycles. The average Bonchev–Trinajstić information content (AvgIpc) is 3.29. The molecule has 0 bridgehead atoms. The summed E-state index contributed by atoms with van der Waals surface area (Å²) in [5.74, 6) is -0.589. The molecule has 0 atom stereocenters. The van der Waals surface area contributed by atoms with Crippen LogP contribution in [0.25, 0.3) is 11.3 Å². The Morgan fingerprint density at radius 3 is 2.70 bits per heavy atom. The van der Waals surface area contributed by atoms with E-state index in [9.17, 15) is 9.59 Å². The zero-order chi connectivity index (χ0) is 19.6. The summed E-state index contributed by atoms with van der Waals surface area (Å²) < 4.78 is 4.71. The summed E-state index contributed by atoms with van der Waals surface area (Å²) >= 11 is 5.99. The van der Waals surface area contributed by atoms with Crippen LogP contribution in [0.4, 0.5) is 5.69 Å². The Kier molecular flexibility index (Phi) is 5.32. The number of rotatable bonds is 5. The summed E-state index contributed by atoms with van der Waals surface area (Å²) in [6.45, 7) is 3.81. The number of hydrogen-bond acceptors (Lipinski definition) is 4. The number of nitrogens with one attached hydrogen (secondary N) is 3. The fourth-order valence-corrected chi connectivity index (χ4v) is 2.94. The number of H-pyrrole nitrogens is 2. The van der Waals surface area contributed by atoms with Gasteiger partial charge in [0.1, 0.15) is 0 Å². The second-order valence-corrected chi connectivity index (χ2v) is 6.34. The minimum Gasteiger partial charge on any atom is -0.465 e. The normalized spacial score (nSPS) is 10.7. The van der Waals surface area contributed by atoms with Gasteiger partial charge in [0.05, 0.1) is 18.4 Å². The Labute approximate surface area is 161 Å². The van der Waals surface area contributed by atoms with Gasteiger partial charge in [0.25, 0.3) is 5.91 Å². The number of aromatic nitrogens is 3. The van der Waals surface area contributed by atoms with E-state index in [0.29, 0.717) is 22.8 Å². The van der Waals surface area contributed by atoms with Crippen molar-refractivity contribution < 1.29 is 14.3 Å². The Morgan fingerprint density at radius 1 is 1.30 bits per heavy atom. The highest BCUT2D eigenvalue weighted by Gasteiger charge is 2.15. The number of carbonyl (C=O) groups excluding carboxylic acids is 2.